The molecule has 0 fully saturated rings. The van der Waals surface area contributed by atoms with Gasteiger partial charge in [-0.3, -0.25) is 10.0 Å². The molecule has 0 unspecified atom stereocenters. The fraction of sp³-hybridized carbons (Fsp3) is 1.00. The first-order valence-electron chi connectivity index (χ1n) is 11.4. The van der Waals surface area contributed by atoms with Gasteiger partial charge in [0.15, 0.2) is 15.2 Å². The molecule has 0 aliphatic rings. The van der Waals surface area contributed by atoms with Crippen molar-refractivity contribution in [1.29, 1.82) is 0 Å². The molecular formula is C22H48Al2Cl. The summed E-state index contributed by atoms with van der Waals surface area (Å²) in [4.78, 5) is 0. The van der Waals surface area contributed by atoms with Crippen molar-refractivity contribution in [2.24, 2.45) is 11.8 Å². The van der Waals surface area contributed by atoms with Crippen LogP contribution in [0.1, 0.15) is 106 Å². The second kappa shape index (κ2) is 23.4. The molecule has 0 bridgehead atoms. The summed E-state index contributed by atoms with van der Waals surface area (Å²) in [5.41, 5.74) is 0. The van der Waals surface area contributed by atoms with Crippen molar-refractivity contribution in [3.8, 4) is 0 Å². The Morgan fingerprint density at radius 2 is 1.08 bits per heavy atom. The van der Waals surface area contributed by atoms with Crippen molar-refractivity contribution in [3.63, 3.8) is 0 Å². The Hall–Kier alpha value is 1.35. The van der Waals surface area contributed by atoms with Crippen molar-refractivity contribution < 1.29 is 0 Å². The maximum Gasteiger partial charge on any atom is 0.399 e. The van der Waals surface area contributed by atoms with E-state index in [0.29, 0.717) is 0 Å². The predicted molar refractivity (Wildman–Crippen MR) is 124 cm³/mol. The van der Waals surface area contributed by atoms with Gasteiger partial charge in [-0.15, -0.1) is 10.6 Å². The van der Waals surface area contributed by atoms with Gasteiger partial charge in [0, 0.05) is 0 Å². The Labute approximate surface area is 176 Å². The summed E-state index contributed by atoms with van der Waals surface area (Å²) in [5, 5.41) is 5.77. The topological polar surface area (TPSA) is 0 Å². The van der Waals surface area contributed by atoms with Crippen LogP contribution in [-0.4, -0.2) is 28.4 Å². The van der Waals surface area contributed by atoms with Gasteiger partial charge in [0.2, 0.25) is 0 Å². The molecule has 0 heterocycles. The molecule has 0 saturated carbocycles. The third-order valence-corrected chi connectivity index (χ3v) is 9.50. The van der Waals surface area contributed by atoms with Crippen molar-refractivity contribution in [2.75, 3.05) is 0 Å². The van der Waals surface area contributed by atoms with Gasteiger partial charge in [-0.1, -0.05) is 116 Å². The molecule has 0 amide bonds. The zero-order valence-corrected chi connectivity index (χ0v) is 21.7. The highest BCUT2D eigenvalue weighted by Gasteiger charge is 2.12. The number of unbranched alkanes of at least 4 members (excludes halogenated alkanes) is 6. The molecule has 149 valence electrons. The lowest BCUT2D eigenvalue weighted by Gasteiger charge is -2.04. The summed E-state index contributed by atoms with van der Waals surface area (Å²) in [6, 6.07) is 0. The highest BCUT2D eigenvalue weighted by molar-refractivity contribution is 7.06. The van der Waals surface area contributed by atoms with Gasteiger partial charge in [-0.2, -0.15) is 0 Å². The van der Waals surface area contributed by atoms with Crippen LogP contribution in [-0.2, 0) is 0 Å². The highest BCUT2D eigenvalue weighted by Crippen LogP contribution is 2.15. The minimum atomic E-state index is -0.815. The van der Waals surface area contributed by atoms with Crippen LogP contribution in [0.2, 0.25) is 21.1 Å². The van der Waals surface area contributed by atoms with Gasteiger partial charge in [0.25, 0.3) is 0 Å². The van der Waals surface area contributed by atoms with Crippen LogP contribution in [0.4, 0.5) is 0 Å². The van der Waals surface area contributed by atoms with Crippen LogP contribution in [0.5, 0.6) is 0 Å². The molecule has 0 nitrogen and oxygen atoms in total. The smallest absolute Gasteiger partial charge is 0.261 e. The van der Waals surface area contributed by atoms with Crippen molar-refractivity contribution in [2.45, 2.75) is 127 Å². The Bertz CT molecular complexity index is 210. The summed E-state index contributed by atoms with van der Waals surface area (Å²) < 4.78 is 0. The van der Waals surface area contributed by atoms with Gasteiger partial charge in [0.1, 0.15) is 0 Å². The number of rotatable bonds is 16. The third-order valence-electron chi connectivity index (χ3n) is 4.64. The molecule has 0 spiro atoms. The van der Waals surface area contributed by atoms with E-state index in [9.17, 15) is 0 Å². The van der Waals surface area contributed by atoms with E-state index in [4.69, 9.17) is 10.0 Å². The maximum atomic E-state index is 6.38. The summed E-state index contributed by atoms with van der Waals surface area (Å²) in [5.74, 6) is 1.84. The van der Waals surface area contributed by atoms with Gasteiger partial charge < -0.3 is 0 Å². The Morgan fingerprint density at radius 3 is 1.40 bits per heavy atom. The Morgan fingerprint density at radius 1 is 0.680 bits per heavy atom. The largest absolute Gasteiger partial charge is 0.399 e. The Balaban J connectivity index is 0. The fourth-order valence-corrected chi connectivity index (χ4v) is 7.55. The van der Waals surface area contributed by atoms with Crippen LogP contribution in [0, 0.1) is 11.8 Å². The zero-order chi connectivity index (χ0) is 19.3. The first kappa shape index (κ1) is 28.6. The van der Waals surface area contributed by atoms with Gasteiger partial charge in [0.05, 0.1) is 0 Å². The van der Waals surface area contributed by atoms with Crippen LogP contribution < -0.4 is 0 Å². The average molecular weight is 402 g/mol. The van der Waals surface area contributed by atoms with Crippen LogP contribution in [0.25, 0.3) is 0 Å². The molecule has 0 aromatic rings. The molecule has 0 saturated heterocycles. The highest BCUT2D eigenvalue weighted by atomic mass is 35.6. The van der Waals surface area contributed by atoms with Crippen LogP contribution >= 0.6 is 10.0 Å². The van der Waals surface area contributed by atoms with E-state index in [1.165, 1.54) is 85.3 Å². The van der Waals surface area contributed by atoms with Crippen molar-refractivity contribution >= 4 is 38.5 Å². The second-order valence-corrected chi connectivity index (χ2v) is 14.5. The Kier molecular flexibility index (Phi) is 26.7. The monoisotopic (exact) mass is 401 g/mol. The van der Waals surface area contributed by atoms with Gasteiger partial charge in [-0.25, -0.2) is 0 Å². The maximum absolute atomic E-state index is 6.38. The summed E-state index contributed by atoms with van der Waals surface area (Å²) in [6.07, 6.45) is 14.0. The quantitative estimate of drug-likeness (QED) is 0.179. The van der Waals surface area contributed by atoms with E-state index < -0.39 is 13.2 Å². The predicted octanol–water partition coefficient (Wildman–Crippen LogP) is 9.00. The van der Waals surface area contributed by atoms with E-state index >= 15 is 0 Å². The lowest BCUT2D eigenvalue weighted by atomic mass is 10.2. The molecule has 0 aliphatic heterocycles. The van der Waals surface area contributed by atoms with E-state index in [1.54, 1.807) is 0 Å². The molecule has 0 aromatic heterocycles. The zero-order valence-electron chi connectivity index (χ0n) is 18.6. The lowest BCUT2D eigenvalue weighted by molar-refractivity contribution is 0.611. The summed E-state index contributed by atoms with van der Waals surface area (Å²) in [7, 11) is 6.38. The average Bonchev–Trinajstić information content (AvgIpc) is 2.55. The molecule has 0 aliphatic carbocycles. The second-order valence-electron chi connectivity index (χ2n) is 8.53. The first-order chi connectivity index (χ1) is 11.9. The molecule has 0 aromatic carbocycles. The number of hydrogen-bond donors (Lipinski definition) is 0. The molecule has 3 heteroatoms. The van der Waals surface area contributed by atoms with E-state index in [1.807, 2.05) is 0 Å². The van der Waals surface area contributed by atoms with Gasteiger partial charge >= 0.3 is 13.2 Å². The molecule has 0 atom stereocenters. The first-order valence-corrected chi connectivity index (χ1v) is 16.4. The number of hydrogen-bond acceptors (Lipinski definition) is 0. The van der Waals surface area contributed by atoms with Crippen LogP contribution in [0.3, 0.4) is 0 Å². The third kappa shape index (κ3) is 30.3. The molecular weight excluding hydrogens is 354 g/mol. The summed E-state index contributed by atoms with van der Waals surface area (Å²) >= 11 is -0.0435. The lowest BCUT2D eigenvalue weighted by Crippen LogP contribution is -2.02. The van der Waals surface area contributed by atoms with Crippen molar-refractivity contribution in [3.05, 3.63) is 0 Å². The van der Waals surface area contributed by atoms with E-state index in [-0.39, 0.29) is 0 Å². The molecule has 0 N–H and O–H groups in total. The van der Waals surface area contributed by atoms with Crippen LogP contribution in [0.15, 0.2) is 0 Å². The fourth-order valence-electron chi connectivity index (χ4n) is 2.78. The summed E-state index contributed by atoms with van der Waals surface area (Å²) in [6.45, 7) is 13.8. The van der Waals surface area contributed by atoms with Crippen molar-refractivity contribution in [1.82, 2.24) is 0 Å². The SMILES string of the molecule is CC(C)C[CH2][Al][CH2]CC(C)C.CCCCC[CH2][Al]([Cl])[CH2]CCCCC. The molecule has 25 heavy (non-hydrogen) atoms. The van der Waals surface area contributed by atoms with E-state index in [0.717, 1.165) is 27.1 Å². The standard InChI is InChI=1S/2C6H13.2C5H11.2Al.ClH/c2*1-3-5-6-4-2;2*1-4-5(2)3;;;/h2*1,3-6H2,2H3;2*5H,1,4H2,2-3H3;;;1H/q;;;;;+1;/p-1. The minimum Gasteiger partial charge on any atom is -0.261 e. The number of halogens is 1. The molecule has 1 radical (unpaired) electrons. The van der Waals surface area contributed by atoms with Gasteiger partial charge in [-0.05, 0) is 11.8 Å². The van der Waals surface area contributed by atoms with E-state index in [2.05, 4.69) is 41.5 Å². The molecule has 0 rings (SSSR count). The normalized spacial score (nSPS) is 10.8. The minimum absolute atomic E-state index is 0.772.